The van der Waals surface area contributed by atoms with E-state index in [0.29, 0.717) is 5.06 Å². The lowest BCUT2D eigenvalue weighted by Crippen LogP contribution is -2.33. The maximum atomic E-state index is 11.6. The topological polar surface area (TPSA) is 63.7 Å². The van der Waals surface area contributed by atoms with Gasteiger partial charge in [0.05, 0.1) is 11.8 Å². The minimum atomic E-state index is -0.633. The van der Waals surface area contributed by atoms with Crippen LogP contribution in [0.1, 0.15) is 26.2 Å². The van der Waals surface area contributed by atoms with E-state index in [1.54, 1.807) is 0 Å². The highest BCUT2D eigenvalue weighted by atomic mass is 16.7. The molecule has 2 amide bonds. The molecule has 2 rings (SSSR count). The van der Waals surface area contributed by atoms with Gasteiger partial charge >= 0.3 is 5.97 Å². The number of nitrogens with zero attached hydrogens (tertiary/aromatic N) is 1. The lowest BCUT2D eigenvalue weighted by atomic mass is 10.00. The van der Waals surface area contributed by atoms with Gasteiger partial charge < -0.3 is 4.84 Å². The molecule has 14 heavy (non-hydrogen) atoms. The van der Waals surface area contributed by atoms with E-state index in [0.717, 1.165) is 19.3 Å². The molecule has 76 valence electrons. The monoisotopic (exact) mass is 197 g/mol. The Bertz CT molecular complexity index is 290. The van der Waals surface area contributed by atoms with Crippen molar-refractivity contribution in [1.29, 1.82) is 0 Å². The molecule has 1 saturated carbocycles. The van der Waals surface area contributed by atoms with Gasteiger partial charge in [0.25, 0.3) is 11.8 Å². The zero-order chi connectivity index (χ0) is 10.3. The third-order valence-electron chi connectivity index (χ3n) is 2.77. The van der Waals surface area contributed by atoms with Crippen LogP contribution in [0.4, 0.5) is 0 Å². The molecule has 0 spiro atoms. The van der Waals surface area contributed by atoms with Gasteiger partial charge in [-0.1, -0.05) is 6.42 Å². The average molecular weight is 197 g/mol. The van der Waals surface area contributed by atoms with Crippen LogP contribution >= 0.6 is 0 Å². The fraction of sp³-hybridized carbons (Fsp3) is 0.667. The molecule has 2 unspecified atom stereocenters. The first-order valence-corrected chi connectivity index (χ1v) is 4.67. The van der Waals surface area contributed by atoms with E-state index < -0.39 is 5.97 Å². The van der Waals surface area contributed by atoms with E-state index >= 15 is 0 Å². The molecule has 0 bridgehead atoms. The van der Waals surface area contributed by atoms with Gasteiger partial charge in [0.1, 0.15) is 0 Å². The normalized spacial score (nSPS) is 30.8. The summed E-state index contributed by atoms with van der Waals surface area (Å²) in [5.74, 6) is -1.84. The predicted molar refractivity (Wildman–Crippen MR) is 44.5 cm³/mol. The molecule has 1 heterocycles. The first-order chi connectivity index (χ1) is 6.61. The molecule has 1 saturated heterocycles. The Morgan fingerprint density at radius 1 is 1.29 bits per heavy atom. The van der Waals surface area contributed by atoms with Crippen LogP contribution < -0.4 is 0 Å². The standard InChI is InChI=1S/C9H11NO4/c1-5(11)14-10-8(12)6-3-2-4-7(6)9(10)13/h6-7H,2-4H2,1H3. The zero-order valence-corrected chi connectivity index (χ0v) is 7.86. The quantitative estimate of drug-likeness (QED) is 0.565. The number of imide groups is 1. The van der Waals surface area contributed by atoms with Gasteiger partial charge in [-0.3, -0.25) is 9.59 Å². The van der Waals surface area contributed by atoms with Gasteiger partial charge in [-0.25, -0.2) is 4.79 Å². The molecule has 5 nitrogen and oxygen atoms in total. The maximum absolute atomic E-state index is 11.6. The molecular weight excluding hydrogens is 186 g/mol. The second kappa shape index (κ2) is 3.08. The van der Waals surface area contributed by atoms with E-state index in [4.69, 9.17) is 0 Å². The number of hydroxylamine groups is 2. The van der Waals surface area contributed by atoms with Gasteiger partial charge in [0.2, 0.25) is 0 Å². The highest BCUT2D eigenvalue weighted by Gasteiger charge is 2.51. The summed E-state index contributed by atoms with van der Waals surface area (Å²) in [6.07, 6.45) is 2.36. The molecule has 0 aromatic rings. The van der Waals surface area contributed by atoms with Gasteiger partial charge in [-0.2, -0.15) is 0 Å². The Labute approximate surface area is 81.0 Å². The molecule has 1 aliphatic carbocycles. The van der Waals surface area contributed by atoms with Gasteiger partial charge in [0.15, 0.2) is 0 Å². The van der Waals surface area contributed by atoms with Crippen molar-refractivity contribution in [3.8, 4) is 0 Å². The van der Waals surface area contributed by atoms with E-state index in [9.17, 15) is 14.4 Å². The summed E-state index contributed by atoms with van der Waals surface area (Å²) in [6.45, 7) is 1.18. The number of hydrogen-bond acceptors (Lipinski definition) is 4. The van der Waals surface area contributed by atoms with Crippen LogP contribution in [0, 0.1) is 11.8 Å². The van der Waals surface area contributed by atoms with Crippen molar-refractivity contribution in [3.05, 3.63) is 0 Å². The third-order valence-corrected chi connectivity index (χ3v) is 2.77. The molecular formula is C9H11NO4. The molecule has 0 aromatic heterocycles. The molecule has 0 N–H and O–H groups in total. The van der Waals surface area contributed by atoms with E-state index in [-0.39, 0.29) is 23.7 Å². The van der Waals surface area contributed by atoms with Crippen LogP contribution in [-0.2, 0) is 19.2 Å². The fourth-order valence-corrected chi connectivity index (χ4v) is 2.18. The first kappa shape index (κ1) is 9.18. The van der Waals surface area contributed by atoms with Crippen LogP contribution in [-0.4, -0.2) is 22.8 Å². The molecule has 1 aliphatic heterocycles. The van der Waals surface area contributed by atoms with Gasteiger partial charge in [-0.15, -0.1) is 5.06 Å². The number of carbonyl (C=O) groups excluding carboxylic acids is 3. The van der Waals surface area contributed by atoms with Crippen molar-refractivity contribution < 1.29 is 19.2 Å². The maximum Gasteiger partial charge on any atom is 0.330 e. The summed E-state index contributed by atoms with van der Waals surface area (Å²) in [4.78, 5) is 38.3. The zero-order valence-electron chi connectivity index (χ0n) is 7.86. The summed E-state index contributed by atoms with van der Waals surface area (Å²) in [6, 6.07) is 0. The largest absolute Gasteiger partial charge is 0.331 e. The van der Waals surface area contributed by atoms with Crippen LogP contribution in [0.5, 0.6) is 0 Å². The molecule has 5 heteroatoms. The Morgan fingerprint density at radius 2 is 1.79 bits per heavy atom. The van der Waals surface area contributed by atoms with Crippen LogP contribution in [0.2, 0.25) is 0 Å². The van der Waals surface area contributed by atoms with Crippen LogP contribution in [0.25, 0.3) is 0 Å². The van der Waals surface area contributed by atoms with Crippen LogP contribution in [0.3, 0.4) is 0 Å². The SMILES string of the molecule is CC(=O)ON1C(=O)C2CCCC2C1=O. The van der Waals surface area contributed by atoms with Crippen molar-refractivity contribution in [2.75, 3.05) is 0 Å². The van der Waals surface area contributed by atoms with E-state index in [1.807, 2.05) is 0 Å². The summed E-state index contributed by atoms with van der Waals surface area (Å²) in [5, 5.41) is 0.636. The molecule has 2 fully saturated rings. The van der Waals surface area contributed by atoms with Gasteiger partial charge in [0, 0.05) is 6.92 Å². The van der Waals surface area contributed by atoms with Crippen molar-refractivity contribution in [2.24, 2.45) is 11.8 Å². The summed E-state index contributed by atoms with van der Waals surface area (Å²) < 4.78 is 0. The van der Waals surface area contributed by atoms with E-state index in [2.05, 4.69) is 4.84 Å². The minimum absolute atomic E-state index is 0.248. The second-order valence-electron chi connectivity index (χ2n) is 3.70. The molecule has 0 radical (unpaired) electrons. The lowest BCUT2D eigenvalue weighted by Gasteiger charge is -2.12. The third kappa shape index (κ3) is 1.20. The van der Waals surface area contributed by atoms with Crippen molar-refractivity contribution >= 4 is 17.8 Å². The van der Waals surface area contributed by atoms with Crippen molar-refractivity contribution in [2.45, 2.75) is 26.2 Å². The fourth-order valence-electron chi connectivity index (χ4n) is 2.18. The molecule has 2 aliphatic rings. The number of hydrogen-bond donors (Lipinski definition) is 0. The second-order valence-corrected chi connectivity index (χ2v) is 3.70. The molecule has 0 aromatic carbocycles. The Morgan fingerprint density at radius 3 is 2.21 bits per heavy atom. The van der Waals surface area contributed by atoms with Gasteiger partial charge in [-0.05, 0) is 12.8 Å². The predicted octanol–water partition coefficient (Wildman–Crippen LogP) is 0.250. The lowest BCUT2D eigenvalue weighted by molar-refractivity contribution is -0.197. The summed E-state index contributed by atoms with van der Waals surface area (Å²) in [7, 11) is 0. The Kier molecular flexibility index (Phi) is 2.02. The van der Waals surface area contributed by atoms with E-state index in [1.165, 1.54) is 6.92 Å². The smallest absolute Gasteiger partial charge is 0.330 e. The highest BCUT2D eigenvalue weighted by Crippen LogP contribution is 2.39. The Hall–Kier alpha value is -1.39. The summed E-state index contributed by atoms with van der Waals surface area (Å²) in [5.41, 5.74) is 0. The summed E-state index contributed by atoms with van der Waals surface area (Å²) >= 11 is 0. The number of carbonyl (C=O) groups is 3. The minimum Gasteiger partial charge on any atom is -0.331 e. The van der Waals surface area contributed by atoms with Crippen molar-refractivity contribution in [1.82, 2.24) is 5.06 Å². The first-order valence-electron chi connectivity index (χ1n) is 4.67. The van der Waals surface area contributed by atoms with Crippen molar-refractivity contribution in [3.63, 3.8) is 0 Å². The molecule has 2 atom stereocenters. The Balaban J connectivity index is 2.17. The van der Waals surface area contributed by atoms with Crippen LogP contribution in [0.15, 0.2) is 0 Å². The number of fused-ring (bicyclic) bond motifs is 1. The number of amides is 2. The number of rotatable bonds is 1. The highest BCUT2D eigenvalue weighted by molar-refractivity contribution is 6.05. The average Bonchev–Trinajstić information content (AvgIpc) is 2.65.